The standard InChI is InChI=1S/C7H11NOS/c1-5(8)7(9)6-3-2-4-10-6/h2-5,7,9H,8H2,1H3/t5-,7-/m0/s1. The van der Waals surface area contributed by atoms with Crippen LogP contribution in [0.1, 0.15) is 17.9 Å². The molecule has 1 aromatic heterocycles. The number of hydrogen-bond acceptors (Lipinski definition) is 3. The van der Waals surface area contributed by atoms with E-state index >= 15 is 0 Å². The van der Waals surface area contributed by atoms with E-state index < -0.39 is 6.10 Å². The first kappa shape index (κ1) is 7.72. The number of hydrogen-bond donors (Lipinski definition) is 2. The minimum Gasteiger partial charge on any atom is -0.386 e. The quantitative estimate of drug-likeness (QED) is 0.676. The van der Waals surface area contributed by atoms with Gasteiger partial charge in [-0.25, -0.2) is 0 Å². The van der Waals surface area contributed by atoms with E-state index in [9.17, 15) is 5.11 Å². The molecule has 0 fully saturated rings. The average molecular weight is 157 g/mol. The van der Waals surface area contributed by atoms with Crippen LogP contribution in [0.5, 0.6) is 0 Å². The second-order valence-electron chi connectivity index (χ2n) is 2.32. The largest absolute Gasteiger partial charge is 0.386 e. The van der Waals surface area contributed by atoms with Crippen LogP contribution in [0.4, 0.5) is 0 Å². The molecule has 0 saturated carbocycles. The first-order valence-corrected chi connectivity index (χ1v) is 4.07. The summed E-state index contributed by atoms with van der Waals surface area (Å²) in [7, 11) is 0. The predicted octanol–water partition coefficient (Wildman–Crippen LogP) is 1.13. The molecule has 0 saturated heterocycles. The maximum atomic E-state index is 9.37. The SMILES string of the molecule is C[C@H](N)[C@H](O)c1cccs1. The molecule has 1 heterocycles. The first-order chi connectivity index (χ1) is 4.72. The van der Waals surface area contributed by atoms with Crippen molar-refractivity contribution in [1.29, 1.82) is 0 Å². The fourth-order valence-electron chi connectivity index (χ4n) is 0.719. The van der Waals surface area contributed by atoms with Gasteiger partial charge in [-0.15, -0.1) is 11.3 Å². The molecule has 0 aliphatic carbocycles. The van der Waals surface area contributed by atoms with Crippen LogP contribution in [0.3, 0.4) is 0 Å². The van der Waals surface area contributed by atoms with Crippen molar-refractivity contribution < 1.29 is 5.11 Å². The number of nitrogens with two attached hydrogens (primary N) is 1. The van der Waals surface area contributed by atoms with Crippen molar-refractivity contribution in [3.05, 3.63) is 22.4 Å². The molecule has 3 N–H and O–H groups in total. The summed E-state index contributed by atoms with van der Waals surface area (Å²) in [5.74, 6) is 0. The molecule has 2 atom stereocenters. The van der Waals surface area contributed by atoms with E-state index in [1.165, 1.54) is 11.3 Å². The summed E-state index contributed by atoms with van der Waals surface area (Å²) in [5.41, 5.74) is 5.48. The van der Waals surface area contributed by atoms with Crippen molar-refractivity contribution in [1.82, 2.24) is 0 Å². The second-order valence-corrected chi connectivity index (χ2v) is 3.30. The Balaban J connectivity index is 2.68. The molecule has 1 rings (SSSR count). The third-order valence-corrected chi connectivity index (χ3v) is 2.28. The molecule has 3 heteroatoms. The molecule has 0 spiro atoms. The lowest BCUT2D eigenvalue weighted by atomic mass is 10.2. The van der Waals surface area contributed by atoms with Crippen LogP contribution in [-0.4, -0.2) is 11.1 Å². The van der Waals surface area contributed by atoms with Crippen molar-refractivity contribution in [2.45, 2.75) is 19.1 Å². The summed E-state index contributed by atoms with van der Waals surface area (Å²) in [5, 5.41) is 11.3. The van der Waals surface area contributed by atoms with Gasteiger partial charge in [0, 0.05) is 10.9 Å². The van der Waals surface area contributed by atoms with Gasteiger partial charge in [-0.3, -0.25) is 0 Å². The molecule has 1 aromatic rings. The predicted molar refractivity (Wildman–Crippen MR) is 42.9 cm³/mol. The molecule has 0 unspecified atom stereocenters. The lowest BCUT2D eigenvalue weighted by Crippen LogP contribution is -2.23. The van der Waals surface area contributed by atoms with E-state index in [-0.39, 0.29) is 6.04 Å². The zero-order chi connectivity index (χ0) is 7.56. The van der Waals surface area contributed by atoms with E-state index in [0.29, 0.717) is 0 Å². The van der Waals surface area contributed by atoms with Gasteiger partial charge in [0.05, 0.1) is 0 Å². The molecule has 10 heavy (non-hydrogen) atoms. The smallest absolute Gasteiger partial charge is 0.103 e. The fraction of sp³-hybridized carbons (Fsp3) is 0.429. The molecule has 56 valence electrons. The van der Waals surface area contributed by atoms with E-state index in [1.54, 1.807) is 6.92 Å². The summed E-state index contributed by atoms with van der Waals surface area (Å²) in [6.45, 7) is 1.80. The summed E-state index contributed by atoms with van der Waals surface area (Å²) < 4.78 is 0. The van der Waals surface area contributed by atoms with Crippen LogP contribution in [0.15, 0.2) is 17.5 Å². The lowest BCUT2D eigenvalue weighted by Gasteiger charge is -2.11. The van der Waals surface area contributed by atoms with Gasteiger partial charge in [-0.05, 0) is 18.4 Å². The van der Waals surface area contributed by atoms with Crippen molar-refractivity contribution in [3.63, 3.8) is 0 Å². The van der Waals surface area contributed by atoms with Crippen LogP contribution in [0.2, 0.25) is 0 Å². The molecule has 0 aliphatic heterocycles. The zero-order valence-corrected chi connectivity index (χ0v) is 6.64. The van der Waals surface area contributed by atoms with Crippen molar-refractivity contribution in [3.8, 4) is 0 Å². The van der Waals surface area contributed by atoms with Gasteiger partial charge in [0.1, 0.15) is 6.10 Å². The summed E-state index contributed by atoms with van der Waals surface area (Å²) in [6.07, 6.45) is -0.500. The number of thiophene rings is 1. The Bertz CT molecular complexity index is 183. The molecule has 0 radical (unpaired) electrons. The molecule has 0 aliphatic rings. The van der Waals surface area contributed by atoms with Crippen molar-refractivity contribution in [2.75, 3.05) is 0 Å². The average Bonchev–Trinajstić information content (AvgIpc) is 2.36. The molecule has 2 nitrogen and oxygen atoms in total. The highest BCUT2D eigenvalue weighted by atomic mass is 32.1. The van der Waals surface area contributed by atoms with E-state index in [0.717, 1.165) is 4.88 Å². The van der Waals surface area contributed by atoms with Gasteiger partial charge < -0.3 is 10.8 Å². The Morgan fingerprint density at radius 3 is 2.80 bits per heavy atom. The topological polar surface area (TPSA) is 46.2 Å². The first-order valence-electron chi connectivity index (χ1n) is 3.19. The van der Waals surface area contributed by atoms with Crippen LogP contribution in [0, 0.1) is 0 Å². The Morgan fingerprint density at radius 2 is 2.40 bits per heavy atom. The molecule has 0 aromatic carbocycles. The molecule has 0 bridgehead atoms. The van der Waals surface area contributed by atoms with Crippen LogP contribution >= 0.6 is 11.3 Å². The summed E-state index contributed by atoms with van der Waals surface area (Å²) in [4.78, 5) is 0.940. The van der Waals surface area contributed by atoms with Gasteiger partial charge in [-0.2, -0.15) is 0 Å². The third-order valence-electron chi connectivity index (χ3n) is 1.33. The molecular weight excluding hydrogens is 146 g/mol. The summed E-state index contributed by atoms with van der Waals surface area (Å²) >= 11 is 1.53. The second kappa shape index (κ2) is 3.14. The van der Waals surface area contributed by atoms with Crippen LogP contribution in [-0.2, 0) is 0 Å². The summed E-state index contributed by atoms with van der Waals surface area (Å²) in [6, 6.07) is 3.61. The van der Waals surface area contributed by atoms with Crippen molar-refractivity contribution in [2.24, 2.45) is 5.73 Å². The Kier molecular flexibility index (Phi) is 2.43. The fourth-order valence-corrected chi connectivity index (χ4v) is 1.54. The van der Waals surface area contributed by atoms with Crippen molar-refractivity contribution >= 4 is 11.3 Å². The lowest BCUT2D eigenvalue weighted by molar-refractivity contribution is 0.157. The maximum Gasteiger partial charge on any atom is 0.103 e. The highest BCUT2D eigenvalue weighted by molar-refractivity contribution is 7.10. The highest BCUT2D eigenvalue weighted by Gasteiger charge is 2.11. The Labute approximate surface area is 64.3 Å². The Morgan fingerprint density at radius 1 is 1.70 bits per heavy atom. The number of rotatable bonds is 2. The zero-order valence-electron chi connectivity index (χ0n) is 5.82. The van der Waals surface area contributed by atoms with Gasteiger partial charge in [0.2, 0.25) is 0 Å². The van der Waals surface area contributed by atoms with Crippen LogP contribution < -0.4 is 5.73 Å². The monoisotopic (exact) mass is 157 g/mol. The van der Waals surface area contributed by atoms with E-state index in [4.69, 9.17) is 5.73 Å². The number of aliphatic hydroxyl groups is 1. The maximum absolute atomic E-state index is 9.37. The molecular formula is C7H11NOS. The van der Waals surface area contributed by atoms with Gasteiger partial charge >= 0.3 is 0 Å². The Hall–Kier alpha value is -0.380. The normalized spacial score (nSPS) is 16.7. The van der Waals surface area contributed by atoms with Gasteiger partial charge in [-0.1, -0.05) is 6.07 Å². The number of aliphatic hydroxyl groups excluding tert-OH is 1. The van der Waals surface area contributed by atoms with Gasteiger partial charge in [0.25, 0.3) is 0 Å². The minimum atomic E-state index is -0.500. The van der Waals surface area contributed by atoms with E-state index in [1.807, 2.05) is 17.5 Å². The third kappa shape index (κ3) is 1.56. The van der Waals surface area contributed by atoms with E-state index in [2.05, 4.69) is 0 Å². The minimum absolute atomic E-state index is 0.182. The van der Waals surface area contributed by atoms with Gasteiger partial charge in [0.15, 0.2) is 0 Å². The highest BCUT2D eigenvalue weighted by Crippen LogP contribution is 2.20. The van der Waals surface area contributed by atoms with Crippen LogP contribution in [0.25, 0.3) is 0 Å². The molecule has 0 amide bonds.